The number of carbonyl (C=O) groups is 2. The van der Waals surface area contributed by atoms with Crippen LogP contribution in [0.1, 0.15) is 106 Å². The molecule has 28 heavy (non-hydrogen) atoms. The molecule has 1 amide bonds. The molecular formula is C23H47NO4. The lowest BCUT2D eigenvalue weighted by atomic mass is 9.83. The topological polar surface area (TPSA) is 89.6 Å². The van der Waals surface area contributed by atoms with Gasteiger partial charge in [0.2, 0.25) is 5.91 Å². The predicted octanol–water partition coefficient (Wildman–Crippen LogP) is 5.03. The van der Waals surface area contributed by atoms with Gasteiger partial charge in [0.1, 0.15) is 5.78 Å². The van der Waals surface area contributed by atoms with Crippen LogP contribution in [0.25, 0.3) is 0 Å². The number of amides is 1. The molecule has 0 aromatic carbocycles. The Morgan fingerprint density at radius 3 is 1.86 bits per heavy atom. The SMILES string of the molecule is CC(C)C(=O)C1CCCCC1.CCC(C)O.NC(=O)CCOC1CCCCC1.[HH]. The van der Waals surface area contributed by atoms with Crippen molar-refractivity contribution in [1.29, 1.82) is 0 Å². The highest BCUT2D eigenvalue weighted by Gasteiger charge is 2.22. The van der Waals surface area contributed by atoms with Crippen LogP contribution in [0.15, 0.2) is 0 Å². The summed E-state index contributed by atoms with van der Waals surface area (Å²) in [5.74, 6) is 0.873. The molecule has 0 heterocycles. The number of aliphatic hydroxyl groups is 1. The minimum atomic E-state index is -0.272. The van der Waals surface area contributed by atoms with E-state index in [0.29, 0.717) is 30.8 Å². The summed E-state index contributed by atoms with van der Waals surface area (Å²) in [5.41, 5.74) is 4.99. The quantitative estimate of drug-likeness (QED) is 0.626. The molecule has 1 unspecified atom stereocenters. The smallest absolute Gasteiger partial charge is 0.219 e. The van der Waals surface area contributed by atoms with Gasteiger partial charge < -0.3 is 15.6 Å². The number of hydrogen-bond donors (Lipinski definition) is 2. The lowest BCUT2D eigenvalue weighted by Crippen LogP contribution is -2.21. The van der Waals surface area contributed by atoms with Crippen LogP contribution in [0.4, 0.5) is 0 Å². The predicted molar refractivity (Wildman–Crippen MR) is 117 cm³/mol. The van der Waals surface area contributed by atoms with Crippen LogP contribution in [0.3, 0.4) is 0 Å². The number of Topliss-reactive ketones (excluding diaryl/α,β-unsaturated/α-hetero) is 1. The van der Waals surface area contributed by atoms with Crippen molar-refractivity contribution in [3.8, 4) is 0 Å². The van der Waals surface area contributed by atoms with Crippen molar-refractivity contribution in [2.75, 3.05) is 6.61 Å². The van der Waals surface area contributed by atoms with E-state index >= 15 is 0 Å². The van der Waals surface area contributed by atoms with Crippen molar-refractivity contribution in [3.05, 3.63) is 0 Å². The number of aliphatic hydroxyl groups excluding tert-OH is 1. The van der Waals surface area contributed by atoms with Crippen LogP contribution in [0.5, 0.6) is 0 Å². The van der Waals surface area contributed by atoms with E-state index < -0.39 is 0 Å². The Morgan fingerprint density at radius 2 is 1.46 bits per heavy atom. The van der Waals surface area contributed by atoms with Crippen molar-refractivity contribution < 1.29 is 20.9 Å². The second kappa shape index (κ2) is 17.0. The van der Waals surface area contributed by atoms with E-state index in [1.54, 1.807) is 6.92 Å². The first kappa shape index (κ1) is 27.1. The zero-order valence-corrected chi connectivity index (χ0v) is 18.8. The van der Waals surface area contributed by atoms with Crippen LogP contribution >= 0.6 is 0 Å². The molecule has 2 rings (SSSR count). The maximum atomic E-state index is 11.5. The molecule has 3 N–H and O–H groups in total. The third-order valence-electron chi connectivity index (χ3n) is 5.42. The fourth-order valence-corrected chi connectivity index (χ4v) is 3.42. The van der Waals surface area contributed by atoms with E-state index in [1.165, 1.54) is 38.5 Å². The molecule has 1 atom stereocenters. The standard InChI is InChI=1S/C10H18O.C9H17NO2.C4H10O.H2/c1-8(2)10(11)9-6-4-3-5-7-9;10-9(11)6-7-12-8-4-2-1-3-5-8;1-3-4(2)5;/h8-9H,3-7H2,1-2H3;8H,1-7H2,(H2,10,11);4-5H,3H2,1-2H3;1H. The van der Waals surface area contributed by atoms with Crippen LogP contribution in [0, 0.1) is 11.8 Å². The zero-order chi connectivity index (χ0) is 21.4. The molecule has 2 aliphatic rings. The number of carbonyl (C=O) groups excluding carboxylic acids is 2. The Bertz CT molecular complexity index is 404. The van der Waals surface area contributed by atoms with Gasteiger partial charge in [-0.3, -0.25) is 9.59 Å². The minimum absolute atomic E-state index is 0. The largest absolute Gasteiger partial charge is 0.393 e. The van der Waals surface area contributed by atoms with E-state index in [9.17, 15) is 9.59 Å². The maximum Gasteiger partial charge on any atom is 0.219 e. The van der Waals surface area contributed by atoms with Gasteiger partial charge in [0.15, 0.2) is 0 Å². The van der Waals surface area contributed by atoms with E-state index in [1.807, 2.05) is 20.8 Å². The van der Waals surface area contributed by atoms with Gasteiger partial charge in [-0.2, -0.15) is 0 Å². The van der Waals surface area contributed by atoms with Gasteiger partial charge in [-0.25, -0.2) is 0 Å². The second-order valence-electron chi connectivity index (χ2n) is 8.50. The highest BCUT2D eigenvalue weighted by Crippen LogP contribution is 2.26. The molecule has 0 bridgehead atoms. The van der Waals surface area contributed by atoms with Crippen molar-refractivity contribution >= 4 is 11.7 Å². The highest BCUT2D eigenvalue weighted by atomic mass is 16.5. The van der Waals surface area contributed by atoms with Crippen molar-refractivity contribution in [2.45, 2.75) is 117 Å². The number of ether oxygens (including phenoxy) is 1. The van der Waals surface area contributed by atoms with E-state index in [2.05, 4.69) is 0 Å². The molecule has 2 saturated carbocycles. The maximum absolute atomic E-state index is 11.5. The first-order chi connectivity index (χ1) is 13.3. The monoisotopic (exact) mass is 401 g/mol. The normalized spacial score (nSPS) is 19.1. The van der Waals surface area contributed by atoms with Gasteiger partial charge in [0.25, 0.3) is 0 Å². The fourth-order valence-electron chi connectivity index (χ4n) is 3.42. The van der Waals surface area contributed by atoms with Gasteiger partial charge in [0.05, 0.1) is 18.8 Å². The Balaban J connectivity index is 0. The number of primary amides is 1. The van der Waals surface area contributed by atoms with Gasteiger partial charge >= 0.3 is 0 Å². The first-order valence-electron chi connectivity index (χ1n) is 11.4. The van der Waals surface area contributed by atoms with Crippen molar-refractivity contribution in [1.82, 2.24) is 0 Å². The number of nitrogens with two attached hydrogens (primary N) is 1. The summed E-state index contributed by atoms with van der Waals surface area (Å²) in [6, 6.07) is 0. The molecular weight excluding hydrogens is 354 g/mol. The summed E-state index contributed by atoms with van der Waals surface area (Å²) in [7, 11) is 0. The van der Waals surface area contributed by atoms with Gasteiger partial charge in [-0.15, -0.1) is 0 Å². The van der Waals surface area contributed by atoms with E-state index in [4.69, 9.17) is 15.6 Å². The number of hydrogen-bond acceptors (Lipinski definition) is 4. The summed E-state index contributed by atoms with van der Waals surface area (Å²) < 4.78 is 5.49. The van der Waals surface area contributed by atoms with Crippen LogP contribution in [-0.4, -0.2) is 35.6 Å². The molecule has 168 valence electrons. The molecule has 5 heteroatoms. The summed E-state index contributed by atoms with van der Waals surface area (Å²) in [6.45, 7) is 8.25. The van der Waals surface area contributed by atoms with Crippen LogP contribution in [-0.2, 0) is 14.3 Å². The fraction of sp³-hybridized carbons (Fsp3) is 0.913. The van der Waals surface area contributed by atoms with Crippen LogP contribution < -0.4 is 5.73 Å². The van der Waals surface area contributed by atoms with Crippen molar-refractivity contribution in [3.63, 3.8) is 0 Å². The van der Waals surface area contributed by atoms with E-state index in [-0.39, 0.29) is 19.4 Å². The summed E-state index contributed by atoms with van der Waals surface area (Å²) in [5, 5.41) is 8.36. The average molecular weight is 402 g/mol. The summed E-state index contributed by atoms with van der Waals surface area (Å²) in [4.78, 5) is 21.9. The zero-order valence-electron chi connectivity index (χ0n) is 18.8. The molecule has 0 spiro atoms. The summed E-state index contributed by atoms with van der Waals surface area (Å²) in [6.07, 6.45) is 13.8. The minimum Gasteiger partial charge on any atom is -0.393 e. The Labute approximate surface area is 174 Å². The van der Waals surface area contributed by atoms with Crippen molar-refractivity contribution in [2.24, 2.45) is 17.6 Å². The Hall–Kier alpha value is -0.940. The highest BCUT2D eigenvalue weighted by molar-refractivity contribution is 5.82. The third kappa shape index (κ3) is 15.0. The van der Waals surface area contributed by atoms with Gasteiger partial charge in [-0.05, 0) is 39.0 Å². The lowest BCUT2D eigenvalue weighted by Gasteiger charge is -2.21. The third-order valence-corrected chi connectivity index (χ3v) is 5.42. The first-order valence-corrected chi connectivity index (χ1v) is 11.4. The lowest BCUT2D eigenvalue weighted by molar-refractivity contribution is -0.126. The average Bonchev–Trinajstić information content (AvgIpc) is 2.69. The molecule has 5 nitrogen and oxygen atoms in total. The van der Waals surface area contributed by atoms with Crippen LogP contribution in [0.2, 0.25) is 0 Å². The molecule has 2 fully saturated rings. The Kier molecular flexibility index (Phi) is 16.4. The molecule has 0 radical (unpaired) electrons. The molecule has 0 aliphatic heterocycles. The van der Waals surface area contributed by atoms with E-state index in [0.717, 1.165) is 32.1 Å². The van der Waals surface area contributed by atoms with Gasteiger partial charge in [0, 0.05) is 19.7 Å². The summed E-state index contributed by atoms with van der Waals surface area (Å²) >= 11 is 0. The Morgan fingerprint density at radius 1 is 1.00 bits per heavy atom. The molecule has 0 aromatic heterocycles. The number of rotatable bonds is 7. The molecule has 0 saturated heterocycles. The number of ketones is 1. The van der Waals surface area contributed by atoms with Gasteiger partial charge in [-0.1, -0.05) is 59.3 Å². The molecule has 2 aliphatic carbocycles. The molecule has 0 aromatic rings. The second-order valence-corrected chi connectivity index (χ2v) is 8.50.